The number of aromatic nitrogens is 2. The van der Waals surface area contributed by atoms with Crippen LogP contribution in [-0.2, 0) is 34.1 Å². The van der Waals surface area contributed by atoms with Crippen molar-refractivity contribution >= 4 is 16.0 Å². The Kier molecular flexibility index (Phi) is 5.71. The Balaban J connectivity index is 1.70. The number of nitrogens with zero attached hydrogens (tertiary/aromatic N) is 2. The second-order valence-corrected chi connectivity index (χ2v) is 8.07. The first kappa shape index (κ1) is 19.2. The van der Waals surface area contributed by atoms with E-state index in [2.05, 4.69) is 14.6 Å². The van der Waals surface area contributed by atoms with Gasteiger partial charge in [0.2, 0.25) is 10.0 Å². The van der Waals surface area contributed by atoms with E-state index in [0.717, 1.165) is 36.9 Å². The highest BCUT2D eigenvalue weighted by Crippen LogP contribution is 2.17. The number of hydrogen-bond donors (Lipinski definition) is 1. The minimum Gasteiger partial charge on any atom is -0.465 e. The summed E-state index contributed by atoms with van der Waals surface area (Å²) in [6.45, 7) is 0.137. The average molecular weight is 391 g/mol. The fourth-order valence-electron chi connectivity index (χ4n) is 3.04. The van der Waals surface area contributed by atoms with Gasteiger partial charge in [-0.25, -0.2) is 22.6 Å². The predicted molar refractivity (Wildman–Crippen MR) is 98.1 cm³/mol. The van der Waals surface area contributed by atoms with Gasteiger partial charge in [-0.1, -0.05) is 6.07 Å². The van der Waals surface area contributed by atoms with Crippen LogP contribution in [0.15, 0.2) is 40.0 Å². The van der Waals surface area contributed by atoms with Gasteiger partial charge in [0.15, 0.2) is 0 Å². The van der Waals surface area contributed by atoms with Crippen molar-refractivity contribution in [3.8, 4) is 0 Å². The van der Waals surface area contributed by atoms with Crippen molar-refractivity contribution in [3.05, 3.63) is 57.5 Å². The van der Waals surface area contributed by atoms with Gasteiger partial charge < -0.3 is 4.74 Å². The molecule has 0 fully saturated rings. The van der Waals surface area contributed by atoms with Crippen molar-refractivity contribution in [2.75, 3.05) is 13.7 Å². The molecule has 1 N–H and O–H groups in total. The molecule has 8 nitrogen and oxygen atoms in total. The van der Waals surface area contributed by atoms with E-state index in [-0.39, 0.29) is 29.1 Å². The van der Waals surface area contributed by atoms with Gasteiger partial charge in [-0.15, -0.1) is 0 Å². The molecule has 2 aromatic rings. The van der Waals surface area contributed by atoms with Gasteiger partial charge >= 0.3 is 5.97 Å². The van der Waals surface area contributed by atoms with Gasteiger partial charge in [0.25, 0.3) is 5.56 Å². The first-order valence-electron chi connectivity index (χ1n) is 8.69. The van der Waals surface area contributed by atoms with Crippen molar-refractivity contribution < 1.29 is 17.9 Å². The summed E-state index contributed by atoms with van der Waals surface area (Å²) < 4.78 is 33.2. The summed E-state index contributed by atoms with van der Waals surface area (Å²) in [6.07, 6.45) is 3.80. The fourth-order valence-corrected chi connectivity index (χ4v) is 4.11. The lowest BCUT2D eigenvalue weighted by molar-refractivity contribution is 0.0600. The van der Waals surface area contributed by atoms with Crippen LogP contribution >= 0.6 is 0 Å². The van der Waals surface area contributed by atoms with Crippen molar-refractivity contribution in [2.45, 2.75) is 37.1 Å². The highest BCUT2D eigenvalue weighted by Gasteiger charge is 2.17. The van der Waals surface area contributed by atoms with E-state index < -0.39 is 16.0 Å². The maximum absolute atomic E-state index is 12.4. The third-order valence-electron chi connectivity index (χ3n) is 4.46. The van der Waals surface area contributed by atoms with Crippen LogP contribution in [0, 0.1) is 0 Å². The maximum Gasteiger partial charge on any atom is 0.337 e. The molecule has 0 atom stereocenters. The number of sulfonamides is 1. The molecule has 1 aromatic heterocycles. The Labute approximate surface area is 157 Å². The summed E-state index contributed by atoms with van der Waals surface area (Å²) in [5, 5.41) is 4.36. The molecule has 0 amide bonds. The van der Waals surface area contributed by atoms with E-state index in [1.807, 2.05) is 0 Å². The van der Waals surface area contributed by atoms with Crippen molar-refractivity contribution in [1.29, 1.82) is 0 Å². The number of rotatable bonds is 6. The summed E-state index contributed by atoms with van der Waals surface area (Å²) in [5.74, 6) is -0.614. The number of methoxy groups -OCH3 is 1. The topological polar surface area (TPSA) is 107 Å². The molecule has 0 aliphatic heterocycles. The lowest BCUT2D eigenvalue weighted by atomic mass is 9.97. The lowest BCUT2D eigenvalue weighted by Crippen LogP contribution is -2.33. The smallest absolute Gasteiger partial charge is 0.337 e. The highest BCUT2D eigenvalue weighted by atomic mass is 32.2. The van der Waals surface area contributed by atoms with Crippen molar-refractivity contribution in [2.24, 2.45) is 0 Å². The molecule has 0 bridgehead atoms. The molecule has 0 radical (unpaired) electrons. The lowest BCUT2D eigenvalue weighted by Gasteiger charge is -2.16. The molecular formula is C18H21N3O5S. The second kappa shape index (κ2) is 8.01. The summed E-state index contributed by atoms with van der Waals surface area (Å²) >= 11 is 0. The standard InChI is InChI=1S/C18H21N3O5S/c1-26-18(23)14-6-4-7-15(11-14)27(24,25)19-9-10-21-17(22)12-13-5-2-3-8-16(13)20-21/h4,6-7,11-12,19H,2-3,5,8-10H2,1H3. The number of carbonyl (C=O) groups excluding carboxylic acids is 1. The van der Waals surface area contributed by atoms with E-state index in [1.165, 1.54) is 36.1 Å². The number of benzene rings is 1. The molecule has 0 unspecified atom stereocenters. The molecule has 1 aliphatic carbocycles. The number of ether oxygens (including phenoxy) is 1. The van der Waals surface area contributed by atoms with Crippen molar-refractivity contribution in [3.63, 3.8) is 0 Å². The Bertz CT molecular complexity index is 1010. The zero-order valence-electron chi connectivity index (χ0n) is 15.0. The van der Waals surface area contributed by atoms with E-state index in [9.17, 15) is 18.0 Å². The molecular weight excluding hydrogens is 370 g/mol. The van der Waals surface area contributed by atoms with Crippen LogP contribution in [0.3, 0.4) is 0 Å². The molecule has 27 heavy (non-hydrogen) atoms. The largest absolute Gasteiger partial charge is 0.465 e. The Morgan fingerprint density at radius 3 is 2.81 bits per heavy atom. The molecule has 9 heteroatoms. The molecule has 144 valence electrons. The first-order valence-corrected chi connectivity index (χ1v) is 10.2. The number of hydrogen-bond acceptors (Lipinski definition) is 6. The zero-order chi connectivity index (χ0) is 19.4. The Hall–Kier alpha value is -2.52. The highest BCUT2D eigenvalue weighted by molar-refractivity contribution is 7.89. The van der Waals surface area contributed by atoms with E-state index >= 15 is 0 Å². The number of aryl methyl sites for hydroxylation is 2. The monoisotopic (exact) mass is 391 g/mol. The zero-order valence-corrected chi connectivity index (χ0v) is 15.8. The van der Waals surface area contributed by atoms with Crippen LogP contribution in [0.2, 0.25) is 0 Å². The van der Waals surface area contributed by atoms with Crippen LogP contribution in [-0.4, -0.2) is 37.8 Å². The summed E-state index contributed by atoms with van der Waals surface area (Å²) in [5.41, 5.74) is 1.81. The number of fused-ring (bicyclic) bond motifs is 1. The van der Waals surface area contributed by atoms with E-state index in [1.54, 1.807) is 6.07 Å². The third kappa shape index (κ3) is 4.42. The average Bonchev–Trinajstić information content (AvgIpc) is 2.67. The SMILES string of the molecule is COC(=O)c1cccc(S(=O)(=O)NCCn2nc3c(cc2=O)CCCC3)c1. The van der Waals surface area contributed by atoms with Crippen LogP contribution in [0.5, 0.6) is 0 Å². The normalized spacial score (nSPS) is 13.8. The minimum atomic E-state index is -3.83. The summed E-state index contributed by atoms with van der Waals surface area (Å²) in [6, 6.07) is 7.17. The van der Waals surface area contributed by atoms with Crippen LogP contribution in [0.1, 0.15) is 34.5 Å². The summed E-state index contributed by atoms with van der Waals surface area (Å²) in [4.78, 5) is 23.7. The molecule has 1 heterocycles. The molecule has 3 rings (SSSR count). The number of carbonyl (C=O) groups is 1. The van der Waals surface area contributed by atoms with Crippen LogP contribution < -0.4 is 10.3 Å². The van der Waals surface area contributed by atoms with Crippen LogP contribution in [0.4, 0.5) is 0 Å². The van der Waals surface area contributed by atoms with E-state index in [4.69, 9.17) is 0 Å². The molecule has 0 spiro atoms. The van der Waals surface area contributed by atoms with Gasteiger partial charge in [-0.3, -0.25) is 4.79 Å². The second-order valence-electron chi connectivity index (χ2n) is 6.30. The van der Waals surface area contributed by atoms with Gasteiger partial charge in [-0.05, 0) is 49.4 Å². The Morgan fingerprint density at radius 1 is 1.26 bits per heavy atom. The fraction of sp³-hybridized carbons (Fsp3) is 0.389. The van der Waals surface area contributed by atoms with Crippen molar-refractivity contribution in [1.82, 2.24) is 14.5 Å². The molecule has 0 saturated heterocycles. The summed E-state index contributed by atoms with van der Waals surface area (Å²) in [7, 11) is -2.60. The van der Waals surface area contributed by atoms with Gasteiger partial charge in [0.1, 0.15) is 0 Å². The van der Waals surface area contributed by atoms with Gasteiger partial charge in [-0.2, -0.15) is 5.10 Å². The molecule has 1 aromatic carbocycles. The first-order chi connectivity index (χ1) is 12.9. The minimum absolute atomic E-state index is 0.0104. The van der Waals surface area contributed by atoms with E-state index in [0.29, 0.717) is 0 Å². The number of esters is 1. The maximum atomic E-state index is 12.4. The quantitative estimate of drug-likeness (QED) is 0.733. The predicted octanol–water partition coefficient (Wildman–Crippen LogP) is 0.887. The third-order valence-corrected chi connectivity index (χ3v) is 5.91. The molecule has 0 saturated carbocycles. The Morgan fingerprint density at radius 2 is 2.04 bits per heavy atom. The van der Waals surface area contributed by atoms with Crippen LogP contribution in [0.25, 0.3) is 0 Å². The molecule has 1 aliphatic rings. The van der Waals surface area contributed by atoms with Gasteiger partial charge in [0.05, 0.1) is 29.8 Å². The van der Waals surface area contributed by atoms with Gasteiger partial charge in [0, 0.05) is 12.6 Å². The number of nitrogens with one attached hydrogen (secondary N) is 1.